The number of nitrogens with zero attached hydrogens (tertiary/aromatic N) is 3. The lowest BCUT2D eigenvalue weighted by atomic mass is 10.2. The standard InChI is InChI=1S/C10H11F3N4O/c11-10(12,13)9-15-5-7(6-16-9)8(18)17-3-1-14-2-4-17/h5-6,14H,1-4H2. The molecule has 0 aromatic carbocycles. The van der Waals surface area contributed by atoms with Crippen molar-refractivity contribution >= 4 is 5.91 Å². The van der Waals surface area contributed by atoms with E-state index in [0.29, 0.717) is 26.2 Å². The number of piperazine rings is 1. The first-order valence-corrected chi connectivity index (χ1v) is 5.38. The molecule has 98 valence electrons. The van der Waals surface area contributed by atoms with Crippen molar-refractivity contribution in [3.05, 3.63) is 23.8 Å². The monoisotopic (exact) mass is 260 g/mol. The lowest BCUT2D eigenvalue weighted by Crippen LogP contribution is -2.46. The Labute approximate surface area is 101 Å². The molecule has 0 bridgehead atoms. The normalized spacial score (nSPS) is 16.7. The minimum absolute atomic E-state index is 0.0740. The van der Waals surface area contributed by atoms with E-state index in [9.17, 15) is 18.0 Å². The molecule has 1 N–H and O–H groups in total. The van der Waals surface area contributed by atoms with Gasteiger partial charge in [-0.2, -0.15) is 13.2 Å². The van der Waals surface area contributed by atoms with E-state index in [1.807, 2.05) is 0 Å². The molecule has 1 aliphatic rings. The summed E-state index contributed by atoms with van der Waals surface area (Å²) in [6.45, 7) is 2.40. The smallest absolute Gasteiger partial charge is 0.336 e. The summed E-state index contributed by atoms with van der Waals surface area (Å²) < 4.78 is 36.7. The van der Waals surface area contributed by atoms with Gasteiger partial charge in [0.2, 0.25) is 5.82 Å². The molecule has 0 spiro atoms. The number of alkyl halides is 3. The highest BCUT2D eigenvalue weighted by Gasteiger charge is 2.34. The summed E-state index contributed by atoms with van der Waals surface area (Å²) in [6, 6.07) is 0. The minimum Gasteiger partial charge on any atom is -0.336 e. The van der Waals surface area contributed by atoms with Gasteiger partial charge in [-0.05, 0) is 0 Å². The maximum absolute atomic E-state index is 12.2. The van der Waals surface area contributed by atoms with Crippen molar-refractivity contribution in [1.82, 2.24) is 20.2 Å². The van der Waals surface area contributed by atoms with Crippen LogP contribution in [0.4, 0.5) is 13.2 Å². The molecule has 0 radical (unpaired) electrons. The average molecular weight is 260 g/mol. The van der Waals surface area contributed by atoms with Crippen molar-refractivity contribution in [3.8, 4) is 0 Å². The molecule has 18 heavy (non-hydrogen) atoms. The van der Waals surface area contributed by atoms with Crippen molar-refractivity contribution in [2.45, 2.75) is 6.18 Å². The largest absolute Gasteiger partial charge is 0.451 e. The zero-order valence-corrected chi connectivity index (χ0v) is 9.37. The number of halogens is 3. The van der Waals surface area contributed by atoms with Gasteiger partial charge < -0.3 is 10.2 Å². The number of nitrogens with one attached hydrogen (secondary N) is 1. The summed E-state index contributed by atoms with van der Waals surface area (Å²) in [4.78, 5) is 19.8. The zero-order chi connectivity index (χ0) is 13.2. The molecular weight excluding hydrogens is 249 g/mol. The molecule has 2 rings (SSSR count). The Hall–Kier alpha value is -1.70. The van der Waals surface area contributed by atoms with E-state index in [0.717, 1.165) is 12.4 Å². The van der Waals surface area contributed by atoms with Crippen molar-refractivity contribution in [1.29, 1.82) is 0 Å². The van der Waals surface area contributed by atoms with Gasteiger partial charge >= 0.3 is 6.18 Å². The highest BCUT2D eigenvalue weighted by molar-refractivity contribution is 5.93. The molecular formula is C10H11F3N4O. The predicted octanol–water partition coefficient (Wildman–Crippen LogP) is 0.541. The molecule has 0 unspecified atom stereocenters. The molecule has 8 heteroatoms. The van der Waals surface area contributed by atoms with Crippen LogP contribution in [-0.4, -0.2) is 47.0 Å². The SMILES string of the molecule is O=C(c1cnc(C(F)(F)F)nc1)N1CCNCC1. The third-order valence-corrected chi connectivity index (χ3v) is 2.56. The van der Waals surface area contributed by atoms with Crippen LogP contribution in [-0.2, 0) is 6.18 Å². The van der Waals surface area contributed by atoms with Crippen LogP contribution in [0.5, 0.6) is 0 Å². The molecule has 1 saturated heterocycles. The van der Waals surface area contributed by atoms with Crippen LogP contribution in [0.25, 0.3) is 0 Å². The van der Waals surface area contributed by atoms with E-state index in [2.05, 4.69) is 15.3 Å². The number of aromatic nitrogens is 2. The summed E-state index contributed by atoms with van der Waals surface area (Å²) in [5.74, 6) is -1.58. The van der Waals surface area contributed by atoms with E-state index < -0.39 is 12.0 Å². The van der Waals surface area contributed by atoms with Crippen LogP contribution in [0, 0.1) is 0 Å². The Morgan fingerprint density at radius 3 is 2.28 bits per heavy atom. The molecule has 1 aromatic heterocycles. The summed E-state index contributed by atoms with van der Waals surface area (Å²) in [7, 11) is 0. The molecule has 0 aliphatic carbocycles. The first-order chi connectivity index (χ1) is 8.48. The summed E-state index contributed by atoms with van der Waals surface area (Å²) >= 11 is 0. The van der Waals surface area contributed by atoms with Gasteiger partial charge in [-0.3, -0.25) is 4.79 Å². The molecule has 2 heterocycles. The number of carbonyl (C=O) groups is 1. The minimum atomic E-state index is -4.59. The molecule has 1 aromatic rings. The summed E-state index contributed by atoms with van der Waals surface area (Å²) in [6.07, 6.45) is -2.75. The number of hydrogen-bond donors (Lipinski definition) is 1. The number of hydrogen-bond acceptors (Lipinski definition) is 4. The Morgan fingerprint density at radius 1 is 1.22 bits per heavy atom. The van der Waals surface area contributed by atoms with Gasteiger partial charge in [-0.1, -0.05) is 0 Å². The number of carbonyl (C=O) groups excluding carboxylic acids is 1. The zero-order valence-electron chi connectivity index (χ0n) is 9.37. The highest BCUT2D eigenvalue weighted by atomic mass is 19.4. The predicted molar refractivity (Wildman–Crippen MR) is 55.8 cm³/mol. The molecule has 0 saturated carbocycles. The van der Waals surface area contributed by atoms with Crippen LogP contribution in [0.1, 0.15) is 16.2 Å². The fraction of sp³-hybridized carbons (Fsp3) is 0.500. The second kappa shape index (κ2) is 4.89. The van der Waals surface area contributed by atoms with Crippen molar-refractivity contribution in [3.63, 3.8) is 0 Å². The molecule has 1 amide bonds. The summed E-state index contributed by atoms with van der Waals surface area (Å²) in [5.41, 5.74) is 0.0740. The molecule has 5 nitrogen and oxygen atoms in total. The topological polar surface area (TPSA) is 58.1 Å². The second-order valence-corrected chi connectivity index (χ2v) is 3.84. The Balaban J connectivity index is 2.11. The van der Waals surface area contributed by atoms with Gasteiger partial charge in [0.1, 0.15) is 0 Å². The lowest BCUT2D eigenvalue weighted by Gasteiger charge is -2.27. The maximum atomic E-state index is 12.2. The molecule has 1 fully saturated rings. The first kappa shape index (κ1) is 12.7. The third-order valence-electron chi connectivity index (χ3n) is 2.56. The van der Waals surface area contributed by atoms with E-state index >= 15 is 0 Å². The molecule has 0 atom stereocenters. The van der Waals surface area contributed by atoms with Gasteiger partial charge in [0, 0.05) is 38.6 Å². The van der Waals surface area contributed by atoms with Gasteiger partial charge in [0.25, 0.3) is 5.91 Å². The maximum Gasteiger partial charge on any atom is 0.451 e. The van der Waals surface area contributed by atoms with Crippen LogP contribution in [0.15, 0.2) is 12.4 Å². The molecule has 1 aliphatic heterocycles. The fourth-order valence-corrected chi connectivity index (χ4v) is 1.64. The van der Waals surface area contributed by atoms with Crippen LogP contribution >= 0.6 is 0 Å². The van der Waals surface area contributed by atoms with Gasteiger partial charge in [-0.25, -0.2) is 9.97 Å². The number of amides is 1. The summed E-state index contributed by atoms with van der Waals surface area (Å²) in [5, 5.41) is 3.08. The van der Waals surface area contributed by atoms with E-state index in [4.69, 9.17) is 0 Å². The average Bonchev–Trinajstić information content (AvgIpc) is 2.38. The second-order valence-electron chi connectivity index (χ2n) is 3.84. The first-order valence-electron chi connectivity index (χ1n) is 5.38. The Morgan fingerprint density at radius 2 is 1.78 bits per heavy atom. The lowest BCUT2D eigenvalue weighted by molar-refractivity contribution is -0.145. The van der Waals surface area contributed by atoms with E-state index in [-0.39, 0.29) is 11.5 Å². The van der Waals surface area contributed by atoms with E-state index in [1.54, 1.807) is 4.90 Å². The van der Waals surface area contributed by atoms with Crippen molar-refractivity contribution in [2.75, 3.05) is 26.2 Å². The van der Waals surface area contributed by atoms with Gasteiger partial charge in [-0.15, -0.1) is 0 Å². The fourth-order valence-electron chi connectivity index (χ4n) is 1.64. The van der Waals surface area contributed by atoms with Crippen LogP contribution in [0.3, 0.4) is 0 Å². The van der Waals surface area contributed by atoms with Gasteiger partial charge in [0.05, 0.1) is 5.56 Å². The Bertz CT molecular complexity index is 426. The number of rotatable bonds is 1. The van der Waals surface area contributed by atoms with Crippen LogP contribution < -0.4 is 5.32 Å². The highest BCUT2D eigenvalue weighted by Crippen LogP contribution is 2.25. The van der Waals surface area contributed by atoms with Crippen molar-refractivity contribution < 1.29 is 18.0 Å². The quantitative estimate of drug-likeness (QED) is 0.800. The Kier molecular flexibility index (Phi) is 3.46. The van der Waals surface area contributed by atoms with E-state index in [1.165, 1.54) is 0 Å². The van der Waals surface area contributed by atoms with Gasteiger partial charge in [0.15, 0.2) is 0 Å². The van der Waals surface area contributed by atoms with Crippen LogP contribution in [0.2, 0.25) is 0 Å². The third kappa shape index (κ3) is 2.76. The van der Waals surface area contributed by atoms with Crippen molar-refractivity contribution in [2.24, 2.45) is 0 Å².